The minimum absolute atomic E-state index is 0.00522. The average Bonchev–Trinajstić information content (AvgIpc) is 3.41. The quantitative estimate of drug-likeness (QED) is 0.127. The number of carbonyl (C=O) groups is 5. The molecule has 4 atom stereocenters. The minimum atomic E-state index is -1.28. The van der Waals surface area contributed by atoms with Crippen LogP contribution in [0.15, 0.2) is 42.9 Å². The van der Waals surface area contributed by atoms with Gasteiger partial charge in [0.25, 0.3) is 0 Å². The van der Waals surface area contributed by atoms with Crippen LogP contribution in [0, 0.1) is 0 Å². The lowest BCUT2D eigenvalue weighted by molar-refractivity contribution is -0.142. The highest BCUT2D eigenvalue weighted by molar-refractivity contribution is 7.98. The molecule has 0 aliphatic heterocycles. The van der Waals surface area contributed by atoms with Crippen molar-refractivity contribution < 1.29 is 29.1 Å². The maximum atomic E-state index is 13.3. The number of aromatic amines is 1. The number of carboxylic acid groups (broad SMARTS) is 1. The second-order valence-electron chi connectivity index (χ2n) is 8.89. The van der Waals surface area contributed by atoms with E-state index in [1.54, 1.807) is 6.26 Å². The number of hydrogen-bond donors (Lipinski definition) is 7. The molecule has 4 amide bonds. The lowest BCUT2D eigenvalue weighted by Crippen LogP contribution is -2.58. The summed E-state index contributed by atoms with van der Waals surface area (Å²) in [5.41, 5.74) is 12.7. The molecule has 9 N–H and O–H groups in total. The van der Waals surface area contributed by atoms with E-state index in [0.29, 0.717) is 11.4 Å². The first-order valence-electron chi connectivity index (χ1n) is 12.3. The van der Waals surface area contributed by atoms with Crippen molar-refractivity contribution in [3.05, 3.63) is 54.1 Å². The van der Waals surface area contributed by atoms with E-state index < -0.39 is 53.8 Å². The molecule has 0 bridgehead atoms. The van der Waals surface area contributed by atoms with E-state index in [2.05, 4.69) is 25.9 Å². The van der Waals surface area contributed by atoms with Crippen LogP contribution in [0.2, 0.25) is 0 Å². The second-order valence-corrected chi connectivity index (χ2v) is 9.87. The number of aliphatic carboxylic acids is 1. The Balaban J connectivity index is 2.17. The van der Waals surface area contributed by atoms with Crippen LogP contribution >= 0.6 is 11.8 Å². The zero-order chi connectivity index (χ0) is 28.8. The third kappa shape index (κ3) is 11.2. The number of nitrogens with zero attached hydrogens (tertiary/aromatic N) is 1. The summed E-state index contributed by atoms with van der Waals surface area (Å²) in [6.07, 6.45) is 4.70. The van der Waals surface area contributed by atoms with Crippen LogP contribution in [-0.4, -0.2) is 80.8 Å². The van der Waals surface area contributed by atoms with Gasteiger partial charge >= 0.3 is 5.97 Å². The third-order valence-electron chi connectivity index (χ3n) is 5.78. The SMILES string of the molecule is CSCCC(NC(=O)C(CCC(N)=O)NC(=O)C(Cc1cnc[nH]1)NC(=O)C(N)Cc1ccccc1)C(=O)O. The van der Waals surface area contributed by atoms with E-state index in [1.165, 1.54) is 24.3 Å². The van der Waals surface area contributed by atoms with E-state index >= 15 is 0 Å². The maximum Gasteiger partial charge on any atom is 0.326 e. The summed E-state index contributed by atoms with van der Waals surface area (Å²) in [5, 5.41) is 17.0. The average molecular weight is 562 g/mol. The van der Waals surface area contributed by atoms with Crippen molar-refractivity contribution in [1.82, 2.24) is 25.9 Å². The van der Waals surface area contributed by atoms with Crippen molar-refractivity contribution in [3.8, 4) is 0 Å². The highest BCUT2D eigenvalue weighted by atomic mass is 32.2. The Morgan fingerprint density at radius 3 is 2.18 bits per heavy atom. The zero-order valence-electron chi connectivity index (χ0n) is 21.6. The molecule has 0 fully saturated rings. The monoisotopic (exact) mass is 561 g/mol. The van der Waals surface area contributed by atoms with Gasteiger partial charge in [0, 0.05) is 24.7 Å². The number of imidazole rings is 1. The van der Waals surface area contributed by atoms with Crippen LogP contribution in [0.25, 0.3) is 0 Å². The van der Waals surface area contributed by atoms with Crippen molar-refractivity contribution in [2.75, 3.05) is 12.0 Å². The Hall–Kier alpha value is -3.91. The van der Waals surface area contributed by atoms with Crippen molar-refractivity contribution in [2.45, 2.75) is 56.3 Å². The molecule has 1 aromatic heterocycles. The summed E-state index contributed by atoms with van der Waals surface area (Å²) in [7, 11) is 0. The number of benzene rings is 1. The first-order valence-corrected chi connectivity index (χ1v) is 13.7. The van der Waals surface area contributed by atoms with Crippen LogP contribution in [0.3, 0.4) is 0 Å². The van der Waals surface area contributed by atoms with Crippen LogP contribution in [-0.2, 0) is 36.8 Å². The van der Waals surface area contributed by atoms with E-state index in [1.807, 2.05) is 30.3 Å². The summed E-state index contributed by atoms with van der Waals surface area (Å²) in [6.45, 7) is 0. The number of primary amides is 1. The summed E-state index contributed by atoms with van der Waals surface area (Å²) < 4.78 is 0. The van der Waals surface area contributed by atoms with Crippen LogP contribution < -0.4 is 27.4 Å². The first-order chi connectivity index (χ1) is 18.6. The van der Waals surface area contributed by atoms with E-state index in [9.17, 15) is 29.1 Å². The first kappa shape index (κ1) is 31.3. The molecule has 0 aliphatic carbocycles. The molecule has 0 saturated carbocycles. The molecule has 14 heteroatoms. The Morgan fingerprint density at radius 1 is 0.949 bits per heavy atom. The lowest BCUT2D eigenvalue weighted by atomic mass is 10.0. The van der Waals surface area contributed by atoms with E-state index in [4.69, 9.17) is 11.5 Å². The number of hydrogen-bond acceptors (Lipinski definition) is 8. The molecule has 39 heavy (non-hydrogen) atoms. The van der Waals surface area contributed by atoms with Gasteiger partial charge in [-0.2, -0.15) is 11.8 Å². The lowest BCUT2D eigenvalue weighted by Gasteiger charge is -2.25. The highest BCUT2D eigenvalue weighted by Gasteiger charge is 2.31. The fourth-order valence-corrected chi connectivity index (χ4v) is 4.13. The van der Waals surface area contributed by atoms with Gasteiger partial charge in [0.2, 0.25) is 23.6 Å². The predicted molar refractivity (Wildman–Crippen MR) is 145 cm³/mol. The van der Waals surface area contributed by atoms with Crippen LogP contribution in [0.1, 0.15) is 30.5 Å². The molecular weight excluding hydrogens is 526 g/mol. The third-order valence-corrected chi connectivity index (χ3v) is 6.43. The van der Waals surface area contributed by atoms with Crippen molar-refractivity contribution in [3.63, 3.8) is 0 Å². The molecule has 4 unspecified atom stereocenters. The number of carboxylic acids is 1. The summed E-state index contributed by atoms with van der Waals surface area (Å²) >= 11 is 1.42. The molecule has 0 saturated heterocycles. The molecule has 0 radical (unpaired) electrons. The summed E-state index contributed by atoms with van der Waals surface area (Å²) in [4.78, 5) is 69.0. The largest absolute Gasteiger partial charge is 0.480 e. The topological polar surface area (TPSA) is 222 Å². The van der Waals surface area contributed by atoms with Gasteiger partial charge in [-0.15, -0.1) is 0 Å². The Bertz CT molecular complexity index is 1100. The fraction of sp³-hybridized carbons (Fsp3) is 0.440. The predicted octanol–water partition coefficient (Wildman–Crippen LogP) is -0.920. The summed E-state index contributed by atoms with van der Waals surface area (Å²) in [6, 6.07) is 4.56. The summed E-state index contributed by atoms with van der Waals surface area (Å²) in [5.74, 6) is -3.55. The van der Waals surface area contributed by atoms with Gasteiger partial charge in [0.1, 0.15) is 18.1 Å². The van der Waals surface area contributed by atoms with Crippen LogP contribution in [0.4, 0.5) is 0 Å². The van der Waals surface area contributed by atoms with Gasteiger partial charge in [0.15, 0.2) is 0 Å². The van der Waals surface area contributed by atoms with Crippen LogP contribution in [0.5, 0.6) is 0 Å². The molecule has 1 heterocycles. The van der Waals surface area contributed by atoms with Crippen molar-refractivity contribution in [2.24, 2.45) is 11.5 Å². The molecule has 2 rings (SSSR count). The highest BCUT2D eigenvalue weighted by Crippen LogP contribution is 2.07. The molecule has 1 aromatic carbocycles. The van der Waals surface area contributed by atoms with Gasteiger partial charge < -0.3 is 37.5 Å². The Morgan fingerprint density at radius 2 is 1.59 bits per heavy atom. The molecule has 0 spiro atoms. The number of H-pyrrole nitrogens is 1. The van der Waals surface area contributed by atoms with E-state index in [-0.39, 0.29) is 32.1 Å². The second kappa shape index (κ2) is 16.1. The van der Waals surface area contributed by atoms with Gasteiger partial charge in [-0.1, -0.05) is 30.3 Å². The van der Waals surface area contributed by atoms with Gasteiger partial charge in [-0.05, 0) is 36.8 Å². The molecule has 0 aliphatic rings. The smallest absolute Gasteiger partial charge is 0.326 e. The molecule has 13 nitrogen and oxygen atoms in total. The van der Waals surface area contributed by atoms with E-state index in [0.717, 1.165) is 5.56 Å². The van der Waals surface area contributed by atoms with Gasteiger partial charge in [0.05, 0.1) is 12.4 Å². The number of nitrogens with one attached hydrogen (secondary N) is 4. The number of thioether (sulfide) groups is 1. The Kier molecular flexibility index (Phi) is 13.0. The molecule has 2 aromatic rings. The van der Waals surface area contributed by atoms with Crippen molar-refractivity contribution >= 4 is 41.4 Å². The number of aromatic nitrogens is 2. The number of carbonyl (C=O) groups excluding carboxylic acids is 4. The van der Waals surface area contributed by atoms with Gasteiger partial charge in [-0.3, -0.25) is 19.2 Å². The fourth-order valence-electron chi connectivity index (χ4n) is 3.66. The number of rotatable bonds is 17. The van der Waals surface area contributed by atoms with Gasteiger partial charge in [-0.25, -0.2) is 9.78 Å². The Labute approximate surface area is 230 Å². The van der Waals surface area contributed by atoms with Crippen molar-refractivity contribution in [1.29, 1.82) is 0 Å². The number of nitrogens with two attached hydrogens (primary N) is 2. The number of amides is 4. The minimum Gasteiger partial charge on any atom is -0.480 e. The molecule has 212 valence electrons. The maximum absolute atomic E-state index is 13.3. The standard InChI is InChI=1S/C25H35N7O6S/c1-39-10-9-19(25(37)38)31-23(35)18(7-8-21(27)33)30-24(36)20(12-16-13-28-14-29-16)32-22(34)17(26)11-15-5-3-2-4-6-15/h2-6,13-14,17-20H,7-12,26H2,1H3,(H2,27,33)(H,28,29)(H,30,36)(H,31,35)(H,32,34)(H,37,38). The normalized spacial score (nSPS) is 13.9. The molecular formula is C25H35N7O6S. The zero-order valence-corrected chi connectivity index (χ0v) is 22.4.